The van der Waals surface area contributed by atoms with Crippen molar-refractivity contribution in [1.29, 1.82) is 0 Å². The number of likely N-dealkylation sites (tertiary alicyclic amines) is 1. The summed E-state index contributed by atoms with van der Waals surface area (Å²) in [5, 5.41) is 0. The average Bonchev–Trinajstić information content (AvgIpc) is 2.31. The van der Waals surface area contributed by atoms with Crippen LogP contribution in [0.2, 0.25) is 0 Å². The predicted octanol–water partition coefficient (Wildman–Crippen LogP) is 2.55. The Bertz CT molecular complexity index is 592. The lowest BCUT2D eigenvalue weighted by Crippen LogP contribution is -2.57. The quantitative estimate of drug-likeness (QED) is 0.885. The fourth-order valence-electron chi connectivity index (χ4n) is 1.92. The van der Waals surface area contributed by atoms with Crippen LogP contribution in [0.1, 0.15) is 31.1 Å². The van der Waals surface area contributed by atoms with E-state index in [-0.39, 0.29) is 12.2 Å². The van der Waals surface area contributed by atoms with Crippen LogP contribution in [0.15, 0.2) is 22.7 Å². The number of primary amides is 1. The fraction of sp³-hybridized carbons (Fsp3) is 0.467. The predicted molar refractivity (Wildman–Crippen MR) is 84.9 cm³/mol. The molecule has 1 aromatic carbocycles. The van der Waals surface area contributed by atoms with Crippen LogP contribution >= 0.6 is 15.9 Å². The van der Waals surface area contributed by atoms with Gasteiger partial charge in [-0.1, -0.05) is 0 Å². The van der Waals surface area contributed by atoms with E-state index in [1.54, 1.807) is 23.1 Å². The van der Waals surface area contributed by atoms with Gasteiger partial charge in [-0.15, -0.1) is 0 Å². The summed E-state index contributed by atoms with van der Waals surface area (Å²) in [6.45, 7) is 6.43. The van der Waals surface area contributed by atoms with E-state index in [9.17, 15) is 9.59 Å². The molecule has 22 heavy (non-hydrogen) atoms. The van der Waals surface area contributed by atoms with Gasteiger partial charge in [0.05, 0.1) is 17.6 Å². The van der Waals surface area contributed by atoms with Gasteiger partial charge >= 0.3 is 6.09 Å². The molecule has 0 spiro atoms. The standard InChI is InChI=1S/C15H19BrN2O4/c1-15(2,3)22-14(20)18-7-10(8-18)21-12-5-4-9(13(17)19)6-11(12)16/h4-6,10H,7-8H2,1-3H3,(H2,17,19). The van der Waals surface area contributed by atoms with E-state index in [2.05, 4.69) is 15.9 Å². The van der Waals surface area contributed by atoms with Crippen LogP contribution in [0.5, 0.6) is 5.75 Å². The van der Waals surface area contributed by atoms with Crippen LogP contribution in [0.4, 0.5) is 4.79 Å². The summed E-state index contributed by atoms with van der Waals surface area (Å²) in [6, 6.07) is 4.90. The summed E-state index contributed by atoms with van der Waals surface area (Å²) >= 11 is 3.34. The second-order valence-corrected chi connectivity index (χ2v) is 6.99. The normalized spacial score (nSPS) is 15.2. The lowest BCUT2D eigenvalue weighted by atomic mass is 10.1. The van der Waals surface area contributed by atoms with E-state index in [1.807, 2.05) is 20.8 Å². The summed E-state index contributed by atoms with van der Waals surface area (Å²) in [5.74, 6) is 0.117. The van der Waals surface area contributed by atoms with Crippen LogP contribution in [0.3, 0.4) is 0 Å². The zero-order valence-electron chi connectivity index (χ0n) is 12.8. The maximum atomic E-state index is 11.8. The molecule has 1 saturated heterocycles. The number of carbonyl (C=O) groups excluding carboxylic acids is 2. The zero-order chi connectivity index (χ0) is 16.5. The highest BCUT2D eigenvalue weighted by atomic mass is 79.9. The number of carbonyl (C=O) groups is 2. The Kier molecular flexibility index (Phi) is 4.65. The molecule has 0 radical (unpaired) electrons. The molecule has 0 aromatic heterocycles. The third kappa shape index (κ3) is 4.13. The third-order valence-electron chi connectivity index (χ3n) is 3.01. The van der Waals surface area contributed by atoms with Crippen LogP contribution < -0.4 is 10.5 Å². The van der Waals surface area contributed by atoms with Crippen LogP contribution in [0.25, 0.3) is 0 Å². The number of amides is 2. The van der Waals surface area contributed by atoms with Crippen LogP contribution in [-0.2, 0) is 4.74 Å². The minimum Gasteiger partial charge on any atom is -0.486 e. The van der Waals surface area contributed by atoms with Crippen molar-refractivity contribution in [2.45, 2.75) is 32.5 Å². The van der Waals surface area contributed by atoms with Gasteiger partial charge in [-0.2, -0.15) is 0 Å². The van der Waals surface area contributed by atoms with Crippen molar-refractivity contribution in [3.63, 3.8) is 0 Å². The summed E-state index contributed by atoms with van der Waals surface area (Å²) in [7, 11) is 0. The molecule has 7 heteroatoms. The molecule has 6 nitrogen and oxygen atoms in total. The minimum atomic E-state index is -0.503. The first kappa shape index (κ1) is 16.6. The van der Waals surface area contributed by atoms with E-state index in [0.29, 0.717) is 28.9 Å². The van der Waals surface area contributed by atoms with Crippen molar-refractivity contribution in [2.75, 3.05) is 13.1 Å². The molecule has 2 amide bonds. The SMILES string of the molecule is CC(C)(C)OC(=O)N1CC(Oc2ccc(C(N)=O)cc2Br)C1. The fourth-order valence-corrected chi connectivity index (χ4v) is 2.39. The first-order chi connectivity index (χ1) is 10.2. The van der Waals surface area contributed by atoms with E-state index < -0.39 is 11.5 Å². The lowest BCUT2D eigenvalue weighted by Gasteiger charge is -2.39. The third-order valence-corrected chi connectivity index (χ3v) is 3.63. The maximum absolute atomic E-state index is 11.8. The number of rotatable bonds is 3. The molecule has 0 unspecified atom stereocenters. The van der Waals surface area contributed by atoms with Gasteiger partial charge in [0.25, 0.3) is 0 Å². The number of hydrogen-bond acceptors (Lipinski definition) is 4. The Labute approximate surface area is 137 Å². The molecule has 1 heterocycles. The zero-order valence-corrected chi connectivity index (χ0v) is 14.3. The van der Waals surface area contributed by atoms with E-state index >= 15 is 0 Å². The first-order valence-electron chi connectivity index (χ1n) is 6.89. The van der Waals surface area contributed by atoms with E-state index in [0.717, 1.165) is 0 Å². The van der Waals surface area contributed by atoms with Crippen molar-refractivity contribution in [3.8, 4) is 5.75 Å². The number of benzene rings is 1. The minimum absolute atomic E-state index is 0.0942. The van der Waals surface area contributed by atoms with Gasteiger partial charge in [-0.3, -0.25) is 4.79 Å². The second kappa shape index (κ2) is 6.16. The molecule has 0 aliphatic carbocycles. The highest BCUT2D eigenvalue weighted by Crippen LogP contribution is 2.29. The van der Waals surface area contributed by atoms with Crippen LogP contribution in [-0.4, -0.2) is 41.7 Å². The van der Waals surface area contributed by atoms with Gasteiger partial charge in [-0.05, 0) is 54.9 Å². The molecule has 1 aliphatic rings. The van der Waals surface area contributed by atoms with Crippen molar-refractivity contribution in [2.24, 2.45) is 5.73 Å². The van der Waals surface area contributed by atoms with Gasteiger partial charge in [0.2, 0.25) is 5.91 Å². The monoisotopic (exact) mass is 370 g/mol. The molecule has 0 atom stereocenters. The molecule has 1 aliphatic heterocycles. The van der Waals surface area contributed by atoms with E-state index in [4.69, 9.17) is 15.2 Å². The Morgan fingerprint density at radius 1 is 1.32 bits per heavy atom. The molecule has 0 saturated carbocycles. The van der Waals surface area contributed by atoms with Gasteiger partial charge in [0.15, 0.2) is 0 Å². The Balaban J connectivity index is 1.88. The van der Waals surface area contributed by atoms with Gasteiger partial charge < -0.3 is 20.1 Å². The largest absolute Gasteiger partial charge is 0.486 e. The molecular formula is C15H19BrN2O4. The number of ether oxygens (including phenoxy) is 2. The summed E-state index contributed by atoms with van der Waals surface area (Å²) in [5.41, 5.74) is 5.12. The van der Waals surface area contributed by atoms with Gasteiger partial charge in [-0.25, -0.2) is 4.79 Å². The first-order valence-corrected chi connectivity index (χ1v) is 7.69. The second-order valence-electron chi connectivity index (χ2n) is 6.13. The summed E-state index contributed by atoms with van der Waals surface area (Å²) in [6.07, 6.45) is -0.432. The molecule has 2 N–H and O–H groups in total. The van der Waals surface area contributed by atoms with Gasteiger partial charge in [0.1, 0.15) is 17.5 Å². The Morgan fingerprint density at radius 2 is 1.95 bits per heavy atom. The summed E-state index contributed by atoms with van der Waals surface area (Å²) in [4.78, 5) is 24.5. The van der Waals surface area contributed by atoms with Crippen molar-refractivity contribution >= 4 is 27.9 Å². The number of hydrogen-bond donors (Lipinski definition) is 1. The number of nitrogens with zero attached hydrogens (tertiary/aromatic N) is 1. The average molecular weight is 371 g/mol. The molecule has 120 valence electrons. The van der Waals surface area contributed by atoms with E-state index in [1.165, 1.54) is 0 Å². The number of nitrogens with two attached hydrogens (primary N) is 1. The van der Waals surface area contributed by atoms with Crippen molar-refractivity contribution in [1.82, 2.24) is 4.90 Å². The molecule has 0 bridgehead atoms. The van der Waals surface area contributed by atoms with Crippen LogP contribution in [0, 0.1) is 0 Å². The molecular weight excluding hydrogens is 352 g/mol. The Morgan fingerprint density at radius 3 is 2.45 bits per heavy atom. The molecule has 2 rings (SSSR count). The molecule has 1 fully saturated rings. The summed E-state index contributed by atoms with van der Waals surface area (Å²) < 4.78 is 11.7. The molecule has 1 aromatic rings. The highest BCUT2D eigenvalue weighted by Gasteiger charge is 2.35. The Hall–Kier alpha value is -1.76. The van der Waals surface area contributed by atoms with Crippen molar-refractivity contribution < 1.29 is 19.1 Å². The smallest absolute Gasteiger partial charge is 0.410 e. The van der Waals surface area contributed by atoms with Crippen molar-refractivity contribution in [3.05, 3.63) is 28.2 Å². The highest BCUT2D eigenvalue weighted by molar-refractivity contribution is 9.10. The number of halogens is 1. The maximum Gasteiger partial charge on any atom is 0.410 e. The lowest BCUT2D eigenvalue weighted by molar-refractivity contribution is -0.0223. The topological polar surface area (TPSA) is 81.9 Å². The van der Waals surface area contributed by atoms with Gasteiger partial charge in [0, 0.05) is 5.56 Å².